The van der Waals surface area contributed by atoms with Crippen LogP contribution in [0.3, 0.4) is 0 Å². The van der Waals surface area contributed by atoms with Crippen molar-refractivity contribution >= 4 is 11.1 Å². The monoisotopic (exact) mass is 622 g/mol. The average molecular weight is 623 g/mol. The summed E-state index contributed by atoms with van der Waals surface area (Å²) < 4.78 is 6.58. The van der Waals surface area contributed by atoms with Gasteiger partial charge in [-0.2, -0.15) is 0 Å². The lowest BCUT2D eigenvalue weighted by Crippen LogP contribution is -2.13. The Balaban J connectivity index is 1.05. The van der Waals surface area contributed by atoms with E-state index >= 15 is 0 Å². The summed E-state index contributed by atoms with van der Waals surface area (Å²) in [5.41, 5.74) is 8.09. The van der Waals surface area contributed by atoms with Crippen molar-refractivity contribution in [2.24, 2.45) is 11.8 Å². The van der Waals surface area contributed by atoms with Crippen LogP contribution in [-0.4, -0.2) is 9.97 Å². The van der Waals surface area contributed by atoms with Gasteiger partial charge < -0.3 is 4.42 Å². The van der Waals surface area contributed by atoms with Crippen molar-refractivity contribution in [3.8, 4) is 0 Å². The van der Waals surface area contributed by atoms with Gasteiger partial charge in [0.25, 0.3) is 0 Å². The van der Waals surface area contributed by atoms with E-state index in [-0.39, 0.29) is 0 Å². The van der Waals surface area contributed by atoms with E-state index in [0.29, 0.717) is 29.6 Å². The molecule has 2 aromatic heterocycles. The molecule has 0 aliphatic heterocycles. The highest BCUT2D eigenvalue weighted by molar-refractivity contribution is 5.73. The van der Waals surface area contributed by atoms with Crippen molar-refractivity contribution in [2.75, 3.05) is 0 Å². The van der Waals surface area contributed by atoms with Gasteiger partial charge in [0, 0.05) is 29.1 Å². The van der Waals surface area contributed by atoms with Gasteiger partial charge >= 0.3 is 0 Å². The van der Waals surface area contributed by atoms with Gasteiger partial charge in [-0.3, -0.25) is 4.98 Å². The van der Waals surface area contributed by atoms with Crippen LogP contribution >= 0.6 is 0 Å². The van der Waals surface area contributed by atoms with Crippen LogP contribution in [0.25, 0.3) is 11.1 Å². The second-order valence-corrected chi connectivity index (χ2v) is 16.3. The molecule has 3 unspecified atom stereocenters. The molecular formula is C43H62N2O. The van der Waals surface area contributed by atoms with E-state index in [9.17, 15) is 0 Å². The maximum atomic E-state index is 6.58. The first-order chi connectivity index (χ1) is 22.6. The zero-order chi connectivity index (χ0) is 31.3. The van der Waals surface area contributed by atoms with Crippen LogP contribution in [0.4, 0.5) is 0 Å². The zero-order valence-electron chi connectivity index (χ0n) is 29.3. The van der Waals surface area contributed by atoms with Gasteiger partial charge in [0.2, 0.25) is 0 Å². The summed E-state index contributed by atoms with van der Waals surface area (Å²) in [6.07, 6.45) is 29.5. The minimum absolute atomic E-state index is 0.455. The lowest BCUT2D eigenvalue weighted by atomic mass is 9.80. The molecule has 3 nitrogen and oxygen atoms in total. The highest BCUT2D eigenvalue weighted by Crippen LogP contribution is 2.45. The number of pyridine rings is 1. The minimum Gasteiger partial charge on any atom is -0.440 e. The second kappa shape index (κ2) is 15.4. The Morgan fingerprint density at radius 2 is 1.15 bits per heavy atom. The molecule has 0 amide bonds. The second-order valence-electron chi connectivity index (χ2n) is 16.3. The zero-order valence-corrected chi connectivity index (χ0v) is 29.3. The fourth-order valence-electron chi connectivity index (χ4n) is 10.2. The lowest BCUT2D eigenvalue weighted by molar-refractivity contribution is 0.369. The minimum atomic E-state index is 0.455. The number of fused-ring (bicyclic) bond motifs is 1. The average Bonchev–Trinajstić information content (AvgIpc) is 3.52. The number of aromatic nitrogens is 2. The van der Waals surface area contributed by atoms with Crippen molar-refractivity contribution < 1.29 is 4.42 Å². The third-order valence-electron chi connectivity index (χ3n) is 13.1. The van der Waals surface area contributed by atoms with Crippen molar-refractivity contribution in [1.82, 2.24) is 9.97 Å². The van der Waals surface area contributed by atoms with Crippen LogP contribution in [0.2, 0.25) is 0 Å². The van der Waals surface area contributed by atoms with E-state index in [1.54, 1.807) is 5.56 Å². The molecular weight excluding hydrogens is 560 g/mol. The maximum Gasteiger partial charge on any atom is 0.198 e. The fourth-order valence-corrected chi connectivity index (χ4v) is 10.2. The number of oxazole rings is 1. The molecule has 4 fully saturated rings. The molecule has 46 heavy (non-hydrogen) atoms. The van der Waals surface area contributed by atoms with Gasteiger partial charge in [-0.15, -0.1) is 0 Å². The molecule has 0 radical (unpaired) electrons. The van der Waals surface area contributed by atoms with Gasteiger partial charge in [0.05, 0.1) is 0 Å². The predicted octanol–water partition coefficient (Wildman–Crippen LogP) is 13.2. The normalized spacial score (nSPS) is 29.6. The molecule has 3 atom stereocenters. The highest BCUT2D eigenvalue weighted by Gasteiger charge is 2.32. The van der Waals surface area contributed by atoms with E-state index in [1.165, 1.54) is 158 Å². The van der Waals surface area contributed by atoms with Crippen molar-refractivity contribution in [3.63, 3.8) is 0 Å². The lowest BCUT2D eigenvalue weighted by Gasteiger charge is -2.27. The van der Waals surface area contributed by atoms with E-state index < -0.39 is 0 Å². The Bertz CT molecular complexity index is 1380. The molecule has 4 saturated carbocycles. The van der Waals surface area contributed by atoms with Crippen LogP contribution in [0.15, 0.2) is 34.7 Å². The molecule has 0 bridgehead atoms. The van der Waals surface area contributed by atoms with Crippen LogP contribution in [0, 0.1) is 11.8 Å². The molecule has 4 aliphatic rings. The van der Waals surface area contributed by atoms with E-state index in [2.05, 4.69) is 44.2 Å². The smallest absolute Gasteiger partial charge is 0.198 e. The molecule has 3 aromatic rings. The summed E-state index contributed by atoms with van der Waals surface area (Å²) in [6, 6.07) is 12.1. The van der Waals surface area contributed by atoms with Gasteiger partial charge in [-0.1, -0.05) is 97.0 Å². The van der Waals surface area contributed by atoms with E-state index in [0.717, 1.165) is 28.8 Å². The van der Waals surface area contributed by atoms with Gasteiger partial charge in [0.15, 0.2) is 11.5 Å². The summed E-state index contributed by atoms with van der Waals surface area (Å²) in [4.78, 5) is 10.6. The number of benzene rings is 1. The topological polar surface area (TPSA) is 38.9 Å². The number of hydrogen-bond acceptors (Lipinski definition) is 3. The Hall–Kier alpha value is -2.16. The quantitative estimate of drug-likeness (QED) is 0.257. The summed E-state index contributed by atoms with van der Waals surface area (Å²) in [5, 5.41) is 0. The standard InChI is InChI=1S/C43H62N2O/c1-3-31-25-30(2)38(26-31)36-23-24-39-42(29-36)46-43(45-39)35-21-13-19-32(20-14-22-35)37-27-40(33-15-9-5-4-6-10-16-33)44-41(28-37)34-17-11-7-8-12-18-34/h23-24,27-35,38H,3-22,25-26H2,1-2H3. The Kier molecular flexibility index (Phi) is 10.8. The molecule has 0 N–H and O–H groups in total. The third-order valence-corrected chi connectivity index (χ3v) is 13.1. The molecule has 250 valence electrons. The molecule has 0 spiro atoms. The maximum absolute atomic E-state index is 6.58. The molecule has 1 aromatic carbocycles. The van der Waals surface area contributed by atoms with Crippen LogP contribution in [0.1, 0.15) is 213 Å². The summed E-state index contributed by atoms with van der Waals surface area (Å²) in [7, 11) is 0. The fraction of sp³-hybridized carbons (Fsp3) is 0.721. The molecule has 3 heteroatoms. The Morgan fingerprint density at radius 1 is 0.587 bits per heavy atom. The first kappa shape index (κ1) is 32.4. The Morgan fingerprint density at radius 3 is 1.74 bits per heavy atom. The van der Waals surface area contributed by atoms with Crippen molar-refractivity contribution in [3.05, 3.63) is 58.7 Å². The third kappa shape index (κ3) is 7.60. The van der Waals surface area contributed by atoms with Crippen LogP contribution in [-0.2, 0) is 0 Å². The molecule has 4 aliphatic carbocycles. The van der Waals surface area contributed by atoms with Gasteiger partial charge in [-0.25, -0.2) is 4.98 Å². The van der Waals surface area contributed by atoms with Crippen LogP contribution in [0.5, 0.6) is 0 Å². The molecule has 7 rings (SSSR count). The molecule has 2 heterocycles. The number of nitrogens with zero attached hydrogens (tertiary/aromatic N) is 2. The summed E-state index contributed by atoms with van der Waals surface area (Å²) >= 11 is 0. The highest BCUT2D eigenvalue weighted by atomic mass is 16.3. The first-order valence-electron chi connectivity index (χ1n) is 20.1. The predicted molar refractivity (Wildman–Crippen MR) is 192 cm³/mol. The van der Waals surface area contributed by atoms with Crippen LogP contribution < -0.4 is 0 Å². The number of hydrogen-bond donors (Lipinski definition) is 0. The van der Waals surface area contributed by atoms with E-state index in [4.69, 9.17) is 14.4 Å². The largest absolute Gasteiger partial charge is 0.440 e. The first-order valence-corrected chi connectivity index (χ1v) is 20.1. The van der Waals surface area contributed by atoms with Crippen molar-refractivity contribution in [1.29, 1.82) is 0 Å². The number of rotatable bonds is 6. The Labute approximate surface area is 280 Å². The summed E-state index contributed by atoms with van der Waals surface area (Å²) in [5.74, 6) is 5.80. The SMILES string of the molecule is CCC1CC(C)C(c2ccc3nc(C4CCCC(c5cc(C6CCCCCCC6)nc(C6CCCCCC6)c5)CCC4)oc3c2)C1. The van der Waals surface area contributed by atoms with Crippen molar-refractivity contribution in [2.45, 2.75) is 185 Å². The van der Waals surface area contributed by atoms with Gasteiger partial charge in [-0.05, 0) is 123 Å². The molecule has 0 saturated heterocycles. The summed E-state index contributed by atoms with van der Waals surface area (Å²) in [6.45, 7) is 4.80. The van der Waals surface area contributed by atoms with E-state index in [1.807, 2.05) is 0 Å². The van der Waals surface area contributed by atoms with Gasteiger partial charge in [0.1, 0.15) is 5.52 Å².